The molecule has 2 aromatic carbocycles. The third-order valence-corrected chi connectivity index (χ3v) is 5.91. The number of aromatic amines is 1. The molecule has 7 heteroatoms. The molecular weight excluding hydrogens is 398 g/mol. The van der Waals surface area contributed by atoms with E-state index in [0.29, 0.717) is 17.5 Å². The van der Waals surface area contributed by atoms with Crippen LogP contribution in [0.25, 0.3) is 21.7 Å². The number of thiophene rings is 1. The molecule has 30 heavy (non-hydrogen) atoms. The fourth-order valence-corrected chi connectivity index (χ4v) is 4.09. The van der Waals surface area contributed by atoms with E-state index in [1.807, 2.05) is 60.8 Å². The minimum absolute atomic E-state index is 0.193. The number of carbonyl (C=O) groups excluding carboxylic acids is 1. The minimum Gasteiger partial charge on any atom is -0.497 e. The number of rotatable bonds is 7. The molecule has 1 unspecified atom stereocenters. The molecule has 2 aromatic heterocycles. The second-order valence-electron chi connectivity index (χ2n) is 7.46. The first kappa shape index (κ1) is 20.1. The zero-order valence-electron chi connectivity index (χ0n) is 16.8. The highest BCUT2D eigenvalue weighted by Gasteiger charge is 2.28. The summed E-state index contributed by atoms with van der Waals surface area (Å²) in [6.07, 6.45) is 0.482. The molecule has 1 amide bonds. The first-order chi connectivity index (χ1) is 14.5. The highest BCUT2D eigenvalue weighted by molar-refractivity contribution is 7.13. The molecule has 6 nitrogen and oxygen atoms in total. The summed E-state index contributed by atoms with van der Waals surface area (Å²) in [6, 6.07) is 17.0. The number of methoxy groups -OCH3 is 1. The molecule has 0 fully saturated rings. The van der Waals surface area contributed by atoms with Crippen molar-refractivity contribution in [3.63, 3.8) is 0 Å². The maximum absolute atomic E-state index is 13.1. The maximum atomic E-state index is 13.1. The minimum atomic E-state index is -0.819. The summed E-state index contributed by atoms with van der Waals surface area (Å²) < 4.78 is 5.19. The number of para-hydroxylation sites is 1. The predicted octanol–water partition coefficient (Wildman–Crippen LogP) is 4.02. The molecular formula is C23H23N3O3S. The highest BCUT2D eigenvalue weighted by Crippen LogP contribution is 2.26. The van der Waals surface area contributed by atoms with Crippen LogP contribution in [-0.4, -0.2) is 40.2 Å². The largest absolute Gasteiger partial charge is 0.497 e. The lowest BCUT2D eigenvalue weighted by Crippen LogP contribution is -2.50. The van der Waals surface area contributed by atoms with Crippen LogP contribution in [0.3, 0.4) is 0 Å². The van der Waals surface area contributed by atoms with E-state index in [1.165, 1.54) is 0 Å². The van der Waals surface area contributed by atoms with E-state index in [2.05, 4.69) is 15.3 Å². The summed E-state index contributed by atoms with van der Waals surface area (Å²) in [5.74, 6) is 1.23. The summed E-state index contributed by atoms with van der Waals surface area (Å²) in [5, 5.41) is 15.0. The van der Waals surface area contributed by atoms with Crippen molar-refractivity contribution < 1.29 is 14.6 Å². The number of fused-ring (bicyclic) bond motifs is 1. The van der Waals surface area contributed by atoms with Gasteiger partial charge in [0.15, 0.2) is 0 Å². The molecule has 0 radical (unpaired) electrons. The molecule has 154 valence electrons. The van der Waals surface area contributed by atoms with Crippen LogP contribution >= 0.6 is 11.3 Å². The van der Waals surface area contributed by atoms with Crippen LogP contribution in [0.4, 0.5) is 0 Å². The first-order valence-electron chi connectivity index (χ1n) is 9.60. The van der Waals surface area contributed by atoms with Gasteiger partial charge in [-0.2, -0.15) is 0 Å². The number of ether oxygens (including phenoxy) is 1. The van der Waals surface area contributed by atoms with Crippen molar-refractivity contribution >= 4 is 28.3 Å². The molecule has 1 atom stereocenters. The quantitative estimate of drug-likeness (QED) is 0.421. The topological polar surface area (TPSA) is 87.2 Å². The normalized spacial score (nSPS) is 13.2. The zero-order chi connectivity index (χ0) is 21.1. The van der Waals surface area contributed by atoms with Gasteiger partial charge in [-0.25, -0.2) is 4.98 Å². The molecule has 4 rings (SSSR count). The Balaban J connectivity index is 1.59. The smallest absolute Gasteiger partial charge is 0.254 e. The van der Waals surface area contributed by atoms with Gasteiger partial charge in [0.05, 0.1) is 35.2 Å². The predicted molar refractivity (Wildman–Crippen MR) is 119 cm³/mol. The van der Waals surface area contributed by atoms with Gasteiger partial charge in [0.1, 0.15) is 17.1 Å². The van der Waals surface area contributed by atoms with E-state index in [0.717, 1.165) is 27.5 Å². The molecule has 0 bridgehead atoms. The Hall–Kier alpha value is -3.16. The lowest BCUT2D eigenvalue weighted by atomic mass is 9.93. The average Bonchev–Trinajstić information content (AvgIpc) is 3.43. The van der Waals surface area contributed by atoms with Crippen LogP contribution in [0.5, 0.6) is 5.75 Å². The van der Waals surface area contributed by atoms with Gasteiger partial charge in [-0.15, -0.1) is 11.3 Å². The fraction of sp³-hybridized carbons (Fsp3) is 0.217. The van der Waals surface area contributed by atoms with Crippen molar-refractivity contribution in [2.75, 3.05) is 13.7 Å². The Bertz CT molecular complexity index is 1150. The number of imidazole rings is 1. The number of hydrogen-bond acceptors (Lipinski definition) is 5. The van der Waals surface area contributed by atoms with E-state index in [9.17, 15) is 9.90 Å². The molecule has 0 aliphatic heterocycles. The average molecular weight is 422 g/mol. The lowest BCUT2D eigenvalue weighted by molar-refractivity contribution is 0.0853. The second kappa shape index (κ2) is 8.30. The maximum Gasteiger partial charge on any atom is 0.254 e. The number of hydrogen-bond donors (Lipinski definition) is 3. The Morgan fingerprint density at radius 1 is 1.20 bits per heavy atom. The molecule has 0 spiro atoms. The molecule has 0 aliphatic carbocycles. The first-order valence-corrected chi connectivity index (χ1v) is 10.5. The van der Waals surface area contributed by atoms with E-state index >= 15 is 0 Å². The van der Waals surface area contributed by atoms with Gasteiger partial charge in [-0.05, 0) is 54.6 Å². The Labute approximate surface area is 178 Å². The van der Waals surface area contributed by atoms with Gasteiger partial charge in [0.25, 0.3) is 5.91 Å². The Morgan fingerprint density at radius 3 is 2.67 bits per heavy atom. The van der Waals surface area contributed by atoms with Gasteiger partial charge in [-0.3, -0.25) is 4.79 Å². The molecule has 2 heterocycles. The summed E-state index contributed by atoms with van der Waals surface area (Å²) in [5.41, 5.74) is 2.06. The number of aliphatic hydroxyl groups is 1. The van der Waals surface area contributed by atoms with Crippen molar-refractivity contribution in [1.82, 2.24) is 15.3 Å². The number of aliphatic hydroxyl groups excluding tert-OH is 1. The third kappa shape index (κ3) is 4.08. The van der Waals surface area contributed by atoms with Gasteiger partial charge < -0.3 is 20.1 Å². The van der Waals surface area contributed by atoms with Crippen molar-refractivity contribution in [3.8, 4) is 16.5 Å². The number of nitrogens with one attached hydrogen (secondary N) is 2. The van der Waals surface area contributed by atoms with Crippen molar-refractivity contribution in [1.29, 1.82) is 0 Å². The Kier molecular flexibility index (Phi) is 5.57. The van der Waals surface area contributed by atoms with Crippen LogP contribution in [-0.2, 0) is 6.42 Å². The van der Waals surface area contributed by atoms with E-state index in [-0.39, 0.29) is 12.5 Å². The van der Waals surface area contributed by atoms with Crippen LogP contribution in [0.1, 0.15) is 22.8 Å². The number of nitrogens with zero attached hydrogens (tertiary/aromatic N) is 1. The van der Waals surface area contributed by atoms with Gasteiger partial charge in [-0.1, -0.05) is 24.3 Å². The summed E-state index contributed by atoms with van der Waals surface area (Å²) in [7, 11) is 1.62. The van der Waals surface area contributed by atoms with Crippen LogP contribution < -0.4 is 10.1 Å². The zero-order valence-corrected chi connectivity index (χ0v) is 17.6. The van der Waals surface area contributed by atoms with Gasteiger partial charge in [0.2, 0.25) is 0 Å². The fourth-order valence-electron chi connectivity index (χ4n) is 3.42. The van der Waals surface area contributed by atoms with Crippen molar-refractivity contribution in [3.05, 3.63) is 71.1 Å². The molecule has 4 aromatic rings. The van der Waals surface area contributed by atoms with Crippen molar-refractivity contribution in [2.45, 2.75) is 18.9 Å². The standard InChI is InChI=1S/C23H23N3O3S/c1-23(14-27,13-15-8-10-16(29-2)11-9-15)26-22(28)17-5-3-6-18-20(17)25-21(24-18)19-7-4-12-30-19/h3-12,27H,13-14H2,1-2H3,(H,24,25)(H,26,28). The van der Waals surface area contributed by atoms with Gasteiger partial charge in [0, 0.05) is 0 Å². The van der Waals surface area contributed by atoms with Crippen molar-refractivity contribution in [2.24, 2.45) is 0 Å². The summed E-state index contributed by atoms with van der Waals surface area (Å²) in [4.78, 5) is 22.1. The third-order valence-electron chi connectivity index (χ3n) is 5.03. The van der Waals surface area contributed by atoms with Crippen LogP contribution in [0.2, 0.25) is 0 Å². The Morgan fingerprint density at radius 2 is 2.00 bits per heavy atom. The molecule has 0 aliphatic rings. The SMILES string of the molecule is COc1ccc(CC(C)(CO)NC(=O)c2cccc3[nH]c(-c4cccs4)nc23)cc1. The molecule has 0 saturated carbocycles. The van der Waals surface area contributed by atoms with Gasteiger partial charge >= 0.3 is 0 Å². The highest BCUT2D eigenvalue weighted by atomic mass is 32.1. The lowest BCUT2D eigenvalue weighted by Gasteiger charge is -2.29. The molecule has 0 saturated heterocycles. The van der Waals surface area contributed by atoms with E-state index in [4.69, 9.17) is 4.74 Å². The monoisotopic (exact) mass is 421 g/mol. The van der Waals surface area contributed by atoms with Crippen LogP contribution in [0, 0.1) is 0 Å². The summed E-state index contributed by atoms with van der Waals surface area (Å²) >= 11 is 1.59. The number of H-pyrrole nitrogens is 1. The van der Waals surface area contributed by atoms with E-state index < -0.39 is 5.54 Å². The summed E-state index contributed by atoms with van der Waals surface area (Å²) in [6.45, 7) is 1.64. The second-order valence-corrected chi connectivity index (χ2v) is 8.41. The number of benzene rings is 2. The number of carbonyl (C=O) groups is 1. The van der Waals surface area contributed by atoms with Crippen LogP contribution in [0.15, 0.2) is 60.0 Å². The number of aromatic nitrogens is 2. The molecule has 3 N–H and O–H groups in total. The van der Waals surface area contributed by atoms with E-state index in [1.54, 1.807) is 24.5 Å². The number of amides is 1.